The van der Waals surface area contributed by atoms with Crippen molar-refractivity contribution in [2.45, 2.75) is 19.3 Å². The van der Waals surface area contributed by atoms with Gasteiger partial charge in [0.25, 0.3) is 0 Å². The van der Waals surface area contributed by atoms with Gasteiger partial charge in [0.2, 0.25) is 0 Å². The van der Waals surface area contributed by atoms with Gasteiger partial charge < -0.3 is 10.0 Å². The summed E-state index contributed by atoms with van der Waals surface area (Å²) in [5.41, 5.74) is 1.81. The second kappa shape index (κ2) is 6.52. The van der Waals surface area contributed by atoms with Gasteiger partial charge in [0.15, 0.2) is 0 Å². The zero-order chi connectivity index (χ0) is 14.5. The number of hydrogen-bond acceptors (Lipinski definition) is 4. The molecule has 0 aliphatic heterocycles. The smallest absolute Gasteiger partial charge is 0.309 e. The Morgan fingerprint density at radius 1 is 1.40 bits per heavy atom. The van der Waals surface area contributed by atoms with Crippen LogP contribution in [0.25, 0.3) is 0 Å². The van der Waals surface area contributed by atoms with E-state index in [1.807, 2.05) is 23.6 Å². The van der Waals surface area contributed by atoms with Gasteiger partial charge in [0.1, 0.15) is 0 Å². The minimum absolute atomic E-state index is 0.00224. The topological polar surface area (TPSA) is 53.4 Å². The Balaban J connectivity index is 1.99. The molecule has 5 heteroatoms. The Kier molecular flexibility index (Phi) is 4.74. The lowest BCUT2D eigenvalue weighted by atomic mass is 10.1. The second-order valence-electron chi connectivity index (χ2n) is 4.86. The maximum atomic E-state index is 10.7. The molecule has 0 radical (unpaired) electrons. The molecular formula is C15H18N2O2S. The molecule has 1 atom stereocenters. The van der Waals surface area contributed by atoms with Crippen molar-refractivity contribution in [3.8, 4) is 0 Å². The van der Waals surface area contributed by atoms with Crippen LogP contribution in [-0.2, 0) is 11.2 Å². The van der Waals surface area contributed by atoms with E-state index < -0.39 is 5.97 Å². The molecule has 1 N–H and O–H groups in total. The lowest BCUT2D eigenvalue weighted by Gasteiger charge is -2.22. The number of thiazole rings is 1. The molecule has 0 amide bonds. The van der Waals surface area contributed by atoms with E-state index in [-0.39, 0.29) is 12.3 Å². The van der Waals surface area contributed by atoms with Crippen molar-refractivity contribution < 1.29 is 9.90 Å². The third kappa shape index (κ3) is 3.81. The van der Waals surface area contributed by atoms with Gasteiger partial charge in [-0.2, -0.15) is 0 Å². The first-order chi connectivity index (χ1) is 9.56. The summed E-state index contributed by atoms with van der Waals surface area (Å²) in [7, 11) is 2.05. The quantitative estimate of drug-likeness (QED) is 0.888. The Morgan fingerprint density at radius 3 is 2.75 bits per heavy atom. The lowest BCUT2D eigenvalue weighted by Crippen LogP contribution is -2.22. The fraction of sp³-hybridized carbons (Fsp3) is 0.333. The number of hydrogen-bond donors (Lipinski definition) is 1. The van der Waals surface area contributed by atoms with Crippen LogP contribution in [0.15, 0.2) is 35.7 Å². The van der Waals surface area contributed by atoms with Gasteiger partial charge in [0, 0.05) is 30.6 Å². The molecule has 0 fully saturated rings. The molecule has 0 aliphatic rings. The van der Waals surface area contributed by atoms with Gasteiger partial charge in [-0.3, -0.25) is 4.79 Å². The van der Waals surface area contributed by atoms with Gasteiger partial charge in [-0.15, -0.1) is 11.3 Å². The van der Waals surface area contributed by atoms with Crippen molar-refractivity contribution in [2.24, 2.45) is 0 Å². The number of carboxylic acids is 1. The first-order valence-corrected chi connectivity index (χ1v) is 7.36. The third-order valence-corrected chi connectivity index (χ3v) is 4.19. The van der Waals surface area contributed by atoms with E-state index in [2.05, 4.69) is 36.0 Å². The molecule has 1 aromatic carbocycles. The van der Waals surface area contributed by atoms with E-state index in [1.165, 1.54) is 17.0 Å². The number of para-hydroxylation sites is 1. The van der Waals surface area contributed by atoms with Crippen LogP contribution in [0.5, 0.6) is 0 Å². The largest absolute Gasteiger partial charge is 0.481 e. The standard InChI is InChI=1S/C15H18N2O2S/c1-11(9-17(2)13-6-4-3-5-7-13)15-16-12(10-20-15)8-14(18)19/h3-7,10-11H,8-9H2,1-2H3,(H,18,19). The molecule has 1 unspecified atom stereocenters. The van der Waals surface area contributed by atoms with E-state index in [0.717, 1.165) is 11.6 Å². The van der Waals surface area contributed by atoms with Crippen molar-refractivity contribution in [1.82, 2.24) is 4.98 Å². The number of aromatic nitrogens is 1. The Labute approximate surface area is 122 Å². The maximum Gasteiger partial charge on any atom is 0.309 e. The molecule has 0 aliphatic carbocycles. The number of carbonyl (C=O) groups is 1. The highest BCUT2D eigenvalue weighted by atomic mass is 32.1. The molecule has 0 saturated heterocycles. The highest BCUT2D eigenvalue weighted by Gasteiger charge is 2.14. The molecule has 2 rings (SSSR count). The number of nitrogens with zero attached hydrogens (tertiary/aromatic N) is 2. The summed E-state index contributed by atoms with van der Waals surface area (Å²) < 4.78 is 0. The zero-order valence-corrected chi connectivity index (χ0v) is 12.4. The van der Waals surface area contributed by atoms with Gasteiger partial charge in [-0.1, -0.05) is 25.1 Å². The fourth-order valence-electron chi connectivity index (χ4n) is 2.06. The van der Waals surface area contributed by atoms with Gasteiger partial charge in [-0.25, -0.2) is 4.98 Å². The molecular weight excluding hydrogens is 272 g/mol. The number of anilines is 1. The summed E-state index contributed by atoms with van der Waals surface area (Å²) in [5, 5.41) is 11.6. The van der Waals surface area contributed by atoms with E-state index in [1.54, 1.807) is 0 Å². The first kappa shape index (κ1) is 14.5. The predicted molar refractivity (Wildman–Crippen MR) is 81.6 cm³/mol. The van der Waals surface area contributed by atoms with E-state index in [0.29, 0.717) is 5.69 Å². The van der Waals surface area contributed by atoms with Crippen molar-refractivity contribution in [2.75, 3.05) is 18.5 Å². The molecule has 4 nitrogen and oxygen atoms in total. The summed E-state index contributed by atoms with van der Waals surface area (Å²) >= 11 is 1.54. The van der Waals surface area contributed by atoms with Crippen LogP contribution in [0.4, 0.5) is 5.69 Å². The minimum Gasteiger partial charge on any atom is -0.481 e. The fourth-order valence-corrected chi connectivity index (χ4v) is 2.93. The molecule has 20 heavy (non-hydrogen) atoms. The number of benzene rings is 1. The molecule has 2 aromatic rings. The normalized spacial score (nSPS) is 12.1. The summed E-state index contributed by atoms with van der Waals surface area (Å²) in [6.07, 6.45) is -0.00224. The van der Waals surface area contributed by atoms with E-state index in [4.69, 9.17) is 5.11 Å². The Hall–Kier alpha value is -1.88. The molecule has 0 bridgehead atoms. The Bertz CT molecular complexity index is 568. The van der Waals surface area contributed by atoms with Gasteiger partial charge in [0.05, 0.1) is 17.1 Å². The summed E-state index contributed by atoms with van der Waals surface area (Å²) in [6.45, 7) is 2.97. The third-order valence-electron chi connectivity index (χ3n) is 3.07. The number of aliphatic carboxylic acids is 1. The minimum atomic E-state index is -0.837. The Morgan fingerprint density at radius 2 is 2.10 bits per heavy atom. The molecule has 0 saturated carbocycles. The van der Waals surface area contributed by atoms with Crippen LogP contribution >= 0.6 is 11.3 Å². The molecule has 0 spiro atoms. The van der Waals surface area contributed by atoms with Crippen LogP contribution in [0.2, 0.25) is 0 Å². The van der Waals surface area contributed by atoms with Crippen LogP contribution in [0, 0.1) is 0 Å². The highest BCUT2D eigenvalue weighted by molar-refractivity contribution is 7.09. The van der Waals surface area contributed by atoms with Crippen molar-refractivity contribution >= 4 is 23.0 Å². The SMILES string of the molecule is CC(CN(C)c1ccccc1)c1nc(CC(=O)O)cs1. The van der Waals surface area contributed by atoms with Crippen LogP contribution in [0.1, 0.15) is 23.5 Å². The molecule has 106 valence electrons. The van der Waals surface area contributed by atoms with E-state index in [9.17, 15) is 4.79 Å². The van der Waals surface area contributed by atoms with Crippen molar-refractivity contribution in [1.29, 1.82) is 0 Å². The van der Waals surface area contributed by atoms with Crippen LogP contribution in [-0.4, -0.2) is 29.7 Å². The van der Waals surface area contributed by atoms with E-state index >= 15 is 0 Å². The average Bonchev–Trinajstić information content (AvgIpc) is 2.87. The predicted octanol–water partition coefficient (Wildman–Crippen LogP) is 3.01. The zero-order valence-electron chi connectivity index (χ0n) is 11.6. The number of rotatable bonds is 6. The summed E-state index contributed by atoms with van der Waals surface area (Å²) in [4.78, 5) is 17.3. The van der Waals surface area contributed by atoms with Crippen LogP contribution < -0.4 is 4.90 Å². The number of carboxylic acid groups (broad SMARTS) is 1. The van der Waals surface area contributed by atoms with Crippen molar-refractivity contribution in [3.05, 3.63) is 46.4 Å². The molecule has 1 heterocycles. The first-order valence-electron chi connectivity index (χ1n) is 6.48. The summed E-state index contributed by atoms with van der Waals surface area (Å²) in [6, 6.07) is 10.2. The highest BCUT2D eigenvalue weighted by Crippen LogP contribution is 2.23. The second-order valence-corrected chi connectivity index (χ2v) is 5.75. The van der Waals surface area contributed by atoms with Crippen LogP contribution in [0.3, 0.4) is 0 Å². The average molecular weight is 290 g/mol. The maximum absolute atomic E-state index is 10.7. The monoisotopic (exact) mass is 290 g/mol. The molecule has 1 aromatic heterocycles. The van der Waals surface area contributed by atoms with Gasteiger partial charge in [-0.05, 0) is 12.1 Å². The number of likely N-dealkylation sites (N-methyl/N-ethyl adjacent to an activating group) is 1. The lowest BCUT2D eigenvalue weighted by molar-refractivity contribution is -0.136. The van der Waals surface area contributed by atoms with Crippen molar-refractivity contribution in [3.63, 3.8) is 0 Å². The van der Waals surface area contributed by atoms with Gasteiger partial charge >= 0.3 is 5.97 Å². The summed E-state index contributed by atoms with van der Waals surface area (Å²) in [5.74, 6) is -0.566.